The molecule has 0 saturated heterocycles. The van der Waals surface area contributed by atoms with Crippen molar-refractivity contribution in [3.8, 4) is 6.07 Å². The molecule has 0 bridgehead atoms. The van der Waals surface area contributed by atoms with Crippen LogP contribution >= 0.6 is 11.3 Å². The second-order valence-corrected chi connectivity index (χ2v) is 3.36. The van der Waals surface area contributed by atoms with E-state index in [1.807, 2.05) is 6.07 Å². The first-order valence-corrected chi connectivity index (χ1v) is 4.33. The summed E-state index contributed by atoms with van der Waals surface area (Å²) >= 11 is 1.32. The summed E-state index contributed by atoms with van der Waals surface area (Å²) in [4.78, 5) is 11.9. The van der Waals surface area contributed by atoms with Crippen molar-refractivity contribution in [2.75, 3.05) is 0 Å². The molecular formula is C8H7N3OS. The highest BCUT2D eigenvalue weighted by Crippen LogP contribution is 2.12. The molecule has 5 heteroatoms. The summed E-state index contributed by atoms with van der Waals surface area (Å²) in [7, 11) is 0. The molecule has 1 aromatic rings. The Balaban J connectivity index is 2.60. The van der Waals surface area contributed by atoms with E-state index in [4.69, 9.17) is 5.26 Å². The number of hydrazone groups is 1. The van der Waals surface area contributed by atoms with E-state index in [9.17, 15) is 4.79 Å². The standard InChI is InChI=1S/C8H7N3OS/c1-6(12)11-10-5-8-3-2-7(4-9)13-8/h2-3,5H,1H3,(H,11,12)/b10-5+. The highest BCUT2D eigenvalue weighted by Gasteiger charge is 1.95. The number of nitrogens with one attached hydrogen (secondary N) is 1. The molecule has 0 atom stereocenters. The topological polar surface area (TPSA) is 65.2 Å². The van der Waals surface area contributed by atoms with E-state index in [-0.39, 0.29) is 5.91 Å². The Morgan fingerprint density at radius 3 is 3.08 bits per heavy atom. The molecule has 1 N–H and O–H groups in total. The van der Waals surface area contributed by atoms with Crippen LogP contribution in [0.3, 0.4) is 0 Å². The van der Waals surface area contributed by atoms with Gasteiger partial charge in [0.15, 0.2) is 0 Å². The molecule has 0 aromatic carbocycles. The Bertz CT molecular complexity index is 375. The van der Waals surface area contributed by atoms with Gasteiger partial charge in [0.1, 0.15) is 10.9 Å². The van der Waals surface area contributed by atoms with Crippen molar-refractivity contribution in [1.29, 1.82) is 5.26 Å². The molecule has 66 valence electrons. The number of carbonyl (C=O) groups excluding carboxylic acids is 1. The van der Waals surface area contributed by atoms with Crippen LogP contribution in [-0.4, -0.2) is 12.1 Å². The lowest BCUT2D eigenvalue weighted by Crippen LogP contribution is -2.11. The summed E-state index contributed by atoms with van der Waals surface area (Å²) in [5.74, 6) is -0.215. The highest BCUT2D eigenvalue weighted by atomic mass is 32.1. The van der Waals surface area contributed by atoms with Crippen LogP contribution in [0.1, 0.15) is 16.7 Å². The number of hydrogen-bond acceptors (Lipinski definition) is 4. The first kappa shape index (κ1) is 9.42. The SMILES string of the molecule is CC(=O)N/N=C/c1ccc(C#N)s1. The molecule has 1 rings (SSSR count). The Morgan fingerprint density at radius 2 is 2.54 bits per heavy atom. The van der Waals surface area contributed by atoms with Crippen molar-refractivity contribution in [3.63, 3.8) is 0 Å². The predicted molar refractivity (Wildman–Crippen MR) is 50.4 cm³/mol. The van der Waals surface area contributed by atoms with E-state index in [2.05, 4.69) is 10.5 Å². The maximum absolute atomic E-state index is 10.4. The van der Waals surface area contributed by atoms with Gasteiger partial charge in [-0.15, -0.1) is 11.3 Å². The molecule has 0 aliphatic rings. The highest BCUT2D eigenvalue weighted by molar-refractivity contribution is 7.14. The van der Waals surface area contributed by atoms with E-state index < -0.39 is 0 Å². The van der Waals surface area contributed by atoms with Crippen LogP contribution in [-0.2, 0) is 4.79 Å². The molecule has 0 aliphatic heterocycles. The number of hydrogen-bond donors (Lipinski definition) is 1. The third kappa shape index (κ3) is 3.05. The summed E-state index contributed by atoms with van der Waals surface area (Å²) in [6, 6.07) is 5.50. The molecule has 1 heterocycles. The summed E-state index contributed by atoms with van der Waals surface area (Å²) in [6.07, 6.45) is 1.51. The first-order valence-electron chi connectivity index (χ1n) is 3.52. The molecular weight excluding hydrogens is 186 g/mol. The quantitative estimate of drug-likeness (QED) is 0.564. The fraction of sp³-hybridized carbons (Fsp3) is 0.125. The van der Waals surface area contributed by atoms with Gasteiger partial charge in [0.2, 0.25) is 5.91 Å². The molecule has 0 fully saturated rings. The fourth-order valence-electron chi connectivity index (χ4n) is 0.669. The van der Waals surface area contributed by atoms with Gasteiger partial charge in [-0.1, -0.05) is 0 Å². The van der Waals surface area contributed by atoms with Crippen LogP contribution in [0.5, 0.6) is 0 Å². The van der Waals surface area contributed by atoms with Gasteiger partial charge in [0, 0.05) is 11.8 Å². The molecule has 0 aliphatic carbocycles. The van der Waals surface area contributed by atoms with Gasteiger partial charge in [0.25, 0.3) is 0 Å². The average molecular weight is 193 g/mol. The first-order chi connectivity index (χ1) is 6.22. The fourth-order valence-corrected chi connectivity index (χ4v) is 1.35. The minimum Gasteiger partial charge on any atom is -0.274 e. The lowest BCUT2D eigenvalue weighted by atomic mass is 10.4. The van der Waals surface area contributed by atoms with Crippen molar-refractivity contribution in [2.45, 2.75) is 6.92 Å². The number of rotatable bonds is 2. The van der Waals surface area contributed by atoms with E-state index in [0.717, 1.165) is 4.88 Å². The molecule has 0 spiro atoms. The summed E-state index contributed by atoms with van der Waals surface area (Å²) in [5.41, 5.74) is 2.28. The lowest BCUT2D eigenvalue weighted by molar-refractivity contribution is -0.118. The van der Waals surface area contributed by atoms with Crippen molar-refractivity contribution in [1.82, 2.24) is 5.43 Å². The minimum atomic E-state index is -0.215. The molecule has 1 aromatic heterocycles. The zero-order valence-electron chi connectivity index (χ0n) is 6.94. The molecule has 1 amide bonds. The number of nitriles is 1. The van der Waals surface area contributed by atoms with E-state index >= 15 is 0 Å². The van der Waals surface area contributed by atoms with Crippen LogP contribution in [0.15, 0.2) is 17.2 Å². The minimum absolute atomic E-state index is 0.215. The summed E-state index contributed by atoms with van der Waals surface area (Å²) in [6.45, 7) is 1.38. The van der Waals surface area contributed by atoms with Crippen molar-refractivity contribution in [3.05, 3.63) is 21.9 Å². The van der Waals surface area contributed by atoms with Gasteiger partial charge in [0.05, 0.1) is 6.21 Å². The lowest BCUT2D eigenvalue weighted by Gasteiger charge is -1.88. The third-order valence-electron chi connectivity index (χ3n) is 1.15. The largest absolute Gasteiger partial charge is 0.274 e. The normalized spacial score (nSPS) is 9.85. The van der Waals surface area contributed by atoms with Gasteiger partial charge in [-0.2, -0.15) is 10.4 Å². The van der Waals surface area contributed by atoms with Gasteiger partial charge < -0.3 is 0 Å². The van der Waals surface area contributed by atoms with Crippen molar-refractivity contribution >= 4 is 23.5 Å². The second-order valence-electron chi connectivity index (χ2n) is 2.24. The number of carbonyl (C=O) groups is 1. The van der Waals surface area contributed by atoms with E-state index in [0.29, 0.717) is 4.88 Å². The van der Waals surface area contributed by atoms with Crippen LogP contribution in [0.2, 0.25) is 0 Å². The van der Waals surface area contributed by atoms with Crippen LogP contribution in [0.25, 0.3) is 0 Å². The zero-order chi connectivity index (χ0) is 9.68. The van der Waals surface area contributed by atoms with Gasteiger partial charge in [-0.3, -0.25) is 4.79 Å². The average Bonchev–Trinajstić information content (AvgIpc) is 2.52. The maximum Gasteiger partial charge on any atom is 0.236 e. The smallest absolute Gasteiger partial charge is 0.236 e. The monoisotopic (exact) mass is 193 g/mol. The van der Waals surface area contributed by atoms with Gasteiger partial charge in [-0.05, 0) is 12.1 Å². The third-order valence-corrected chi connectivity index (χ3v) is 2.08. The Hall–Kier alpha value is -1.67. The second kappa shape index (κ2) is 4.38. The van der Waals surface area contributed by atoms with Crippen LogP contribution < -0.4 is 5.43 Å². The maximum atomic E-state index is 10.4. The van der Waals surface area contributed by atoms with E-state index in [1.165, 1.54) is 24.5 Å². The van der Waals surface area contributed by atoms with Gasteiger partial charge >= 0.3 is 0 Å². The number of amides is 1. The number of thiophene rings is 1. The number of nitrogens with zero attached hydrogens (tertiary/aromatic N) is 2. The molecule has 4 nitrogen and oxygen atoms in total. The van der Waals surface area contributed by atoms with Crippen molar-refractivity contribution < 1.29 is 4.79 Å². The molecule has 13 heavy (non-hydrogen) atoms. The molecule has 0 unspecified atom stereocenters. The van der Waals surface area contributed by atoms with Crippen LogP contribution in [0.4, 0.5) is 0 Å². The zero-order valence-corrected chi connectivity index (χ0v) is 7.76. The Morgan fingerprint density at radius 1 is 1.77 bits per heavy atom. The van der Waals surface area contributed by atoms with Gasteiger partial charge in [-0.25, -0.2) is 5.43 Å². The van der Waals surface area contributed by atoms with Crippen LogP contribution in [0, 0.1) is 11.3 Å². The predicted octanol–water partition coefficient (Wildman–Crippen LogP) is 1.09. The molecule has 0 saturated carbocycles. The Labute approximate surface area is 79.5 Å². The summed E-state index contributed by atoms with van der Waals surface area (Å²) < 4.78 is 0. The summed E-state index contributed by atoms with van der Waals surface area (Å²) in [5, 5.41) is 12.2. The van der Waals surface area contributed by atoms with E-state index in [1.54, 1.807) is 12.1 Å². The Kier molecular flexibility index (Phi) is 3.17. The van der Waals surface area contributed by atoms with Crippen molar-refractivity contribution in [2.24, 2.45) is 5.10 Å². The molecule has 0 radical (unpaired) electrons.